The molecule has 0 atom stereocenters. The standard InChI is InChI=1S/C10H14S4Se2/c1-3-11-7-9-15-13-5-6-14-16-10-8-12-4-2/h3-4,7-10H,1-2,5-6H2/b9-7-,10-8-. The molecule has 0 rings (SSSR count). The van der Waals surface area contributed by atoms with Gasteiger partial charge in [-0.25, -0.2) is 0 Å². The van der Waals surface area contributed by atoms with Crippen molar-refractivity contribution in [3.05, 3.63) is 44.7 Å². The van der Waals surface area contributed by atoms with Crippen molar-refractivity contribution in [2.24, 2.45) is 0 Å². The zero-order chi connectivity index (χ0) is 11.9. The third-order valence-electron chi connectivity index (χ3n) is 0.958. The SMILES string of the molecule is C=CS/C=C\[Se]SCCS[Se]/C=C\SC=C. The van der Waals surface area contributed by atoms with Crippen LogP contribution in [0.5, 0.6) is 0 Å². The zero-order valence-electron chi connectivity index (χ0n) is 8.74. The molecule has 0 aromatic heterocycles. The van der Waals surface area contributed by atoms with Crippen LogP contribution in [0.25, 0.3) is 0 Å². The van der Waals surface area contributed by atoms with E-state index in [2.05, 4.69) is 33.9 Å². The van der Waals surface area contributed by atoms with Crippen molar-refractivity contribution in [2.75, 3.05) is 11.5 Å². The summed E-state index contributed by atoms with van der Waals surface area (Å²) in [6.45, 7) is 7.29. The Morgan fingerprint density at radius 2 is 1.25 bits per heavy atom. The summed E-state index contributed by atoms with van der Waals surface area (Å²) < 4.78 is 0. The Bertz CT molecular complexity index is 205. The Balaban J connectivity index is 3.09. The number of thioether (sulfide) groups is 2. The van der Waals surface area contributed by atoms with Crippen LogP contribution in [0.2, 0.25) is 0 Å². The first-order valence-electron chi connectivity index (χ1n) is 4.31. The summed E-state index contributed by atoms with van der Waals surface area (Å²) in [5.74, 6) is 2.52. The summed E-state index contributed by atoms with van der Waals surface area (Å²) >= 11 is 4.49. The summed E-state index contributed by atoms with van der Waals surface area (Å²) in [7, 11) is 4.09. The molecule has 0 aliphatic rings. The third-order valence-corrected chi connectivity index (χ3v) is 9.98. The summed E-state index contributed by atoms with van der Waals surface area (Å²) in [6.07, 6.45) is 0. The Morgan fingerprint density at radius 3 is 1.62 bits per heavy atom. The van der Waals surface area contributed by atoms with Crippen molar-refractivity contribution < 1.29 is 0 Å². The molecule has 0 nitrogen and oxygen atoms in total. The Labute approximate surface area is 126 Å². The van der Waals surface area contributed by atoms with Crippen LogP contribution in [0.15, 0.2) is 44.7 Å². The van der Waals surface area contributed by atoms with Crippen LogP contribution in [-0.4, -0.2) is 39.2 Å². The second-order valence-electron chi connectivity index (χ2n) is 1.99. The topological polar surface area (TPSA) is 0 Å². The molecule has 0 radical (unpaired) electrons. The van der Waals surface area contributed by atoms with Gasteiger partial charge in [-0.15, -0.1) is 0 Å². The van der Waals surface area contributed by atoms with Gasteiger partial charge >= 0.3 is 128 Å². The van der Waals surface area contributed by atoms with Gasteiger partial charge in [0.15, 0.2) is 0 Å². The molecule has 0 saturated carbocycles. The predicted octanol–water partition coefficient (Wildman–Crippen LogP) is 4.39. The molecule has 0 heterocycles. The van der Waals surface area contributed by atoms with E-state index in [1.165, 1.54) is 11.5 Å². The van der Waals surface area contributed by atoms with Gasteiger partial charge in [0.05, 0.1) is 0 Å². The maximum atomic E-state index is 3.65. The predicted molar refractivity (Wildman–Crippen MR) is 90.3 cm³/mol. The maximum absolute atomic E-state index is 3.65. The first-order chi connectivity index (χ1) is 7.91. The van der Waals surface area contributed by atoms with Crippen molar-refractivity contribution in [1.29, 1.82) is 0 Å². The van der Waals surface area contributed by atoms with E-state index >= 15 is 0 Å². The van der Waals surface area contributed by atoms with Crippen LogP contribution in [0, 0.1) is 0 Å². The monoisotopic (exact) mass is 422 g/mol. The summed E-state index contributed by atoms with van der Waals surface area (Å²) in [4.78, 5) is 4.50. The third kappa shape index (κ3) is 15.4. The van der Waals surface area contributed by atoms with E-state index in [4.69, 9.17) is 0 Å². The molecule has 0 aromatic carbocycles. The van der Waals surface area contributed by atoms with Crippen molar-refractivity contribution in [1.82, 2.24) is 0 Å². The van der Waals surface area contributed by atoms with Crippen molar-refractivity contribution in [2.45, 2.75) is 0 Å². The van der Waals surface area contributed by atoms with E-state index in [0.29, 0.717) is 27.7 Å². The van der Waals surface area contributed by atoms with Crippen molar-refractivity contribution >= 4 is 71.6 Å². The Morgan fingerprint density at radius 1 is 0.812 bits per heavy atom. The van der Waals surface area contributed by atoms with Crippen LogP contribution in [0.3, 0.4) is 0 Å². The summed E-state index contributed by atoms with van der Waals surface area (Å²) in [6, 6.07) is 0. The molecule has 0 saturated heterocycles. The van der Waals surface area contributed by atoms with E-state index in [0.717, 1.165) is 0 Å². The minimum absolute atomic E-state index is 0.595. The summed E-state index contributed by atoms with van der Waals surface area (Å²) in [5.41, 5.74) is 0. The second kappa shape index (κ2) is 16.4. The fourth-order valence-corrected chi connectivity index (χ4v) is 9.36. The van der Waals surface area contributed by atoms with Gasteiger partial charge in [-0.1, -0.05) is 0 Å². The zero-order valence-corrected chi connectivity index (χ0v) is 15.4. The van der Waals surface area contributed by atoms with Crippen LogP contribution < -0.4 is 0 Å². The molecule has 0 fully saturated rings. The van der Waals surface area contributed by atoms with Gasteiger partial charge in [0.1, 0.15) is 0 Å². The van der Waals surface area contributed by atoms with E-state index in [-0.39, 0.29) is 0 Å². The first-order valence-corrected chi connectivity index (χ1v) is 14.2. The van der Waals surface area contributed by atoms with Gasteiger partial charge in [-0.05, 0) is 0 Å². The van der Waals surface area contributed by atoms with Gasteiger partial charge in [-0.3, -0.25) is 0 Å². The summed E-state index contributed by atoms with van der Waals surface area (Å²) in [5, 5.41) is 7.94. The first kappa shape index (κ1) is 17.4. The molecular weight excluding hydrogens is 406 g/mol. The van der Waals surface area contributed by atoms with E-state index in [9.17, 15) is 0 Å². The average Bonchev–Trinajstić information content (AvgIpc) is 2.31. The molecule has 0 bridgehead atoms. The van der Waals surface area contributed by atoms with Gasteiger partial charge < -0.3 is 0 Å². The second-order valence-corrected chi connectivity index (χ2v) is 11.9. The van der Waals surface area contributed by atoms with Gasteiger partial charge in [-0.2, -0.15) is 0 Å². The van der Waals surface area contributed by atoms with Crippen LogP contribution in [0.1, 0.15) is 0 Å². The molecule has 0 aliphatic heterocycles. The van der Waals surface area contributed by atoms with E-state index in [1.54, 1.807) is 23.5 Å². The van der Waals surface area contributed by atoms with Crippen molar-refractivity contribution in [3.8, 4) is 0 Å². The number of rotatable bonds is 11. The van der Waals surface area contributed by atoms with E-state index < -0.39 is 0 Å². The molecular formula is C10H14S4Se2. The normalized spacial score (nSPS) is 11.2. The fourth-order valence-electron chi connectivity index (χ4n) is 0.463. The Kier molecular flexibility index (Phi) is 17.8. The molecule has 6 heteroatoms. The molecule has 0 aromatic rings. The van der Waals surface area contributed by atoms with Gasteiger partial charge in [0.25, 0.3) is 0 Å². The van der Waals surface area contributed by atoms with Gasteiger partial charge in [0.2, 0.25) is 0 Å². The number of hydrogen-bond acceptors (Lipinski definition) is 4. The fraction of sp³-hybridized carbons (Fsp3) is 0.200. The van der Waals surface area contributed by atoms with Gasteiger partial charge in [0, 0.05) is 0 Å². The number of hydrogen-bond donors (Lipinski definition) is 0. The van der Waals surface area contributed by atoms with Crippen LogP contribution in [0.4, 0.5) is 0 Å². The Hall–Kier alpha value is 1.40. The molecule has 0 amide bonds. The molecule has 0 unspecified atom stereocenters. The average molecular weight is 420 g/mol. The molecule has 16 heavy (non-hydrogen) atoms. The molecule has 90 valence electrons. The molecule has 0 spiro atoms. The van der Waals surface area contributed by atoms with E-state index in [1.807, 2.05) is 31.2 Å². The quantitative estimate of drug-likeness (QED) is 0.359. The van der Waals surface area contributed by atoms with Crippen LogP contribution >= 0.6 is 43.9 Å². The molecule has 0 aliphatic carbocycles. The minimum atomic E-state index is 0.595. The van der Waals surface area contributed by atoms with Crippen molar-refractivity contribution in [3.63, 3.8) is 0 Å². The molecule has 0 N–H and O–H groups in total. The van der Waals surface area contributed by atoms with Crippen LogP contribution in [-0.2, 0) is 0 Å².